The Kier molecular flexibility index (Phi) is 15.7. The number of thiazole rings is 1. The van der Waals surface area contributed by atoms with E-state index in [0.29, 0.717) is 22.2 Å². The molecule has 1 fully saturated rings. The third-order valence-electron chi connectivity index (χ3n) is 3.63. The maximum Gasteiger partial charge on any atom is 0.282 e. The van der Waals surface area contributed by atoms with Crippen LogP contribution in [-0.2, 0) is 0 Å². The molecule has 0 atom stereocenters. The highest BCUT2D eigenvalue weighted by Gasteiger charge is 2.23. The summed E-state index contributed by atoms with van der Waals surface area (Å²) in [5, 5.41) is 7.30. The highest BCUT2D eigenvalue weighted by molar-refractivity contribution is 7.18. The summed E-state index contributed by atoms with van der Waals surface area (Å²) < 4.78 is 10.0. The Hall–Kier alpha value is -2.03. The lowest BCUT2D eigenvalue weighted by Gasteiger charge is -2.25. The van der Waals surface area contributed by atoms with Crippen molar-refractivity contribution in [1.82, 2.24) is 20.1 Å². The van der Waals surface area contributed by atoms with Gasteiger partial charge in [0.2, 0.25) is 0 Å². The van der Waals surface area contributed by atoms with Crippen molar-refractivity contribution in [2.45, 2.75) is 33.1 Å². The SMILES string of the molecule is CC.CF.CN.O=C(c1nc(-c2ccccc[nH]nc2)c(Cl)s1)N1CCCCC1. The highest BCUT2D eigenvalue weighted by Crippen LogP contribution is 2.32. The maximum absolute atomic E-state index is 12.6. The van der Waals surface area contributed by atoms with Gasteiger partial charge in [-0.25, -0.2) is 4.98 Å². The van der Waals surface area contributed by atoms with Crippen LogP contribution in [0.3, 0.4) is 0 Å². The number of carbonyl (C=O) groups is 1. The summed E-state index contributed by atoms with van der Waals surface area (Å²) >= 11 is 7.55. The normalized spacial score (nSPS) is 12.0. The molecule has 0 aromatic carbocycles. The number of likely N-dealkylation sites (tertiary alicyclic amines) is 1. The molecule has 1 saturated heterocycles. The number of nitrogens with one attached hydrogen (secondary N) is 1. The van der Waals surface area contributed by atoms with Crippen molar-refractivity contribution in [3.8, 4) is 11.3 Å². The molecule has 3 N–H and O–H groups in total. The summed E-state index contributed by atoms with van der Waals surface area (Å²) in [4.78, 5) is 18.9. The van der Waals surface area contributed by atoms with Crippen molar-refractivity contribution in [3.05, 3.63) is 46.0 Å². The third-order valence-corrected chi connectivity index (χ3v) is 4.87. The van der Waals surface area contributed by atoms with Gasteiger partial charge in [-0.2, -0.15) is 5.10 Å². The molecule has 1 aliphatic rings. The van der Waals surface area contributed by atoms with E-state index in [1.807, 2.05) is 43.0 Å². The first-order chi connectivity index (χ1) is 14.3. The van der Waals surface area contributed by atoms with Crippen LogP contribution in [0.2, 0.25) is 4.34 Å². The van der Waals surface area contributed by atoms with Crippen molar-refractivity contribution in [2.75, 3.05) is 27.3 Å². The number of halogens is 2. The summed E-state index contributed by atoms with van der Waals surface area (Å²) in [6, 6.07) is 7.47. The van der Waals surface area contributed by atoms with E-state index < -0.39 is 0 Å². The van der Waals surface area contributed by atoms with E-state index in [0.717, 1.165) is 31.5 Å². The summed E-state index contributed by atoms with van der Waals surface area (Å²) in [6.45, 7) is 5.60. The number of amides is 1. The fourth-order valence-corrected chi connectivity index (χ4v) is 3.61. The van der Waals surface area contributed by atoms with Gasteiger partial charge in [-0.05, 0) is 32.4 Å². The number of hydrogen-bond acceptors (Lipinski definition) is 5. The van der Waals surface area contributed by atoms with Crippen LogP contribution < -0.4 is 5.73 Å². The lowest BCUT2D eigenvalue weighted by Crippen LogP contribution is -2.35. The molecule has 3 heterocycles. The minimum absolute atomic E-state index is 0.0289. The molecule has 1 aliphatic heterocycles. The van der Waals surface area contributed by atoms with Gasteiger partial charge in [-0.3, -0.25) is 14.3 Å². The second kappa shape index (κ2) is 16.9. The minimum Gasteiger partial charge on any atom is -0.337 e. The largest absolute Gasteiger partial charge is 0.337 e. The third kappa shape index (κ3) is 8.89. The van der Waals surface area contributed by atoms with Gasteiger partial charge in [-0.15, -0.1) is 0 Å². The van der Waals surface area contributed by atoms with E-state index in [1.165, 1.54) is 24.8 Å². The van der Waals surface area contributed by atoms with Gasteiger partial charge in [0, 0.05) is 24.8 Å². The smallest absolute Gasteiger partial charge is 0.282 e. The van der Waals surface area contributed by atoms with Gasteiger partial charge in [0.15, 0.2) is 5.01 Å². The number of alkyl halides is 1. The number of nitrogens with zero attached hydrogens (tertiary/aromatic N) is 3. The van der Waals surface area contributed by atoms with E-state index in [4.69, 9.17) is 11.6 Å². The van der Waals surface area contributed by atoms with Gasteiger partial charge in [-0.1, -0.05) is 55.0 Å². The molecule has 6 nitrogen and oxygen atoms in total. The van der Waals surface area contributed by atoms with Crippen LogP contribution in [0.5, 0.6) is 0 Å². The van der Waals surface area contributed by atoms with E-state index in [-0.39, 0.29) is 5.91 Å². The van der Waals surface area contributed by atoms with E-state index in [2.05, 4.69) is 20.9 Å². The quantitative estimate of drug-likeness (QED) is 0.673. The monoisotopic (exact) mass is 443 g/mol. The number of carbonyl (C=O) groups excluding carboxylic acids is 1. The molecule has 0 aliphatic carbocycles. The molecule has 0 spiro atoms. The van der Waals surface area contributed by atoms with Gasteiger partial charge in [0.1, 0.15) is 10.0 Å². The number of H-pyrrole nitrogens is 1. The fourth-order valence-electron chi connectivity index (χ4n) is 2.46. The molecule has 9 heteroatoms. The average Bonchev–Trinajstić information content (AvgIpc) is 3.25. The van der Waals surface area contributed by atoms with E-state index in [9.17, 15) is 9.18 Å². The Bertz CT molecular complexity index is 722. The molecular formula is C20H31ClFN5OS. The first-order valence-corrected chi connectivity index (χ1v) is 10.7. The van der Waals surface area contributed by atoms with Crippen molar-refractivity contribution >= 4 is 28.8 Å². The van der Waals surface area contributed by atoms with Crippen molar-refractivity contribution in [3.63, 3.8) is 0 Å². The van der Waals surface area contributed by atoms with Crippen LogP contribution in [0.1, 0.15) is 42.9 Å². The zero-order valence-corrected chi connectivity index (χ0v) is 19.1. The Labute approximate surface area is 181 Å². The first-order valence-electron chi connectivity index (χ1n) is 9.49. The summed E-state index contributed by atoms with van der Waals surface area (Å²) in [6.07, 6.45) is 6.66. The molecule has 0 saturated carbocycles. The number of aromatic amines is 1. The Morgan fingerprint density at radius 3 is 2.48 bits per heavy atom. The van der Waals surface area contributed by atoms with Crippen LogP contribution in [0.4, 0.5) is 4.39 Å². The lowest BCUT2D eigenvalue weighted by atomic mass is 10.1. The molecule has 2 aromatic heterocycles. The topological polar surface area (TPSA) is 87.9 Å². The lowest BCUT2D eigenvalue weighted by molar-refractivity contribution is 0.0724. The van der Waals surface area contributed by atoms with Crippen molar-refractivity contribution in [2.24, 2.45) is 5.73 Å². The van der Waals surface area contributed by atoms with E-state index in [1.54, 1.807) is 12.4 Å². The van der Waals surface area contributed by atoms with Crippen molar-refractivity contribution in [1.29, 1.82) is 0 Å². The second-order valence-electron chi connectivity index (χ2n) is 5.25. The molecule has 162 valence electrons. The molecule has 1 amide bonds. The van der Waals surface area contributed by atoms with Crippen molar-refractivity contribution < 1.29 is 9.18 Å². The molecular weight excluding hydrogens is 413 g/mol. The number of nitrogens with two attached hydrogens (primary N) is 1. The van der Waals surface area contributed by atoms with Crippen LogP contribution in [0, 0.1) is 0 Å². The van der Waals surface area contributed by atoms with Crippen LogP contribution in [-0.4, -0.2) is 53.3 Å². The predicted molar refractivity (Wildman–Crippen MR) is 121 cm³/mol. The molecule has 2 aromatic rings. The van der Waals surface area contributed by atoms with Crippen LogP contribution in [0.25, 0.3) is 11.3 Å². The minimum atomic E-state index is -0.0289. The van der Waals surface area contributed by atoms with Crippen LogP contribution in [0.15, 0.2) is 36.7 Å². The second-order valence-corrected chi connectivity index (χ2v) is 6.85. The Morgan fingerprint density at radius 1 is 1.17 bits per heavy atom. The molecule has 3 rings (SSSR count). The Balaban J connectivity index is 0.00000120. The molecule has 0 bridgehead atoms. The van der Waals surface area contributed by atoms with Gasteiger partial charge in [0.25, 0.3) is 5.91 Å². The number of rotatable bonds is 2. The van der Waals surface area contributed by atoms with Gasteiger partial charge in [0.05, 0.1) is 13.4 Å². The number of hydrogen-bond donors (Lipinski definition) is 2. The first kappa shape index (κ1) is 27.0. The highest BCUT2D eigenvalue weighted by atomic mass is 35.5. The number of piperidine rings is 1. The summed E-state index contributed by atoms with van der Waals surface area (Å²) in [7, 11) is 2.00. The van der Waals surface area contributed by atoms with Crippen LogP contribution >= 0.6 is 22.9 Å². The van der Waals surface area contributed by atoms with Gasteiger partial charge < -0.3 is 10.6 Å². The Morgan fingerprint density at radius 2 is 1.83 bits per heavy atom. The molecule has 29 heavy (non-hydrogen) atoms. The maximum atomic E-state index is 12.6. The molecule has 0 radical (unpaired) electrons. The van der Waals surface area contributed by atoms with Gasteiger partial charge >= 0.3 is 0 Å². The average molecular weight is 444 g/mol. The zero-order chi connectivity index (χ0) is 22.1. The number of aromatic nitrogens is 3. The summed E-state index contributed by atoms with van der Waals surface area (Å²) in [5.74, 6) is -0.0289. The molecule has 0 unspecified atom stereocenters. The predicted octanol–water partition coefficient (Wildman–Crippen LogP) is 5.12. The summed E-state index contributed by atoms with van der Waals surface area (Å²) in [5.41, 5.74) is 5.85. The standard InChI is InChI=1S/C16H17ClN4OS.C2H6.CH3F.CH5N/c17-14-13(12-7-3-1-4-8-18-19-11-12)20-15(23-14)16(22)21-9-5-2-6-10-21;3*1-2/h1,3-4,7-8,11,18H,2,5-6,9-10H2;1-2H3;1H3;2H2,1H3. The fraction of sp³-hybridized carbons (Fsp3) is 0.450. The van der Waals surface area contributed by atoms with E-state index >= 15 is 0 Å². The zero-order valence-electron chi connectivity index (χ0n) is 17.5.